The zero-order valence-corrected chi connectivity index (χ0v) is 18.4. The minimum Gasteiger partial charge on any atom is -0.371 e. The van der Waals surface area contributed by atoms with Crippen molar-refractivity contribution < 1.29 is 4.79 Å². The molecule has 31 heavy (non-hydrogen) atoms. The lowest BCUT2D eigenvalue weighted by atomic mass is 10.1. The molecule has 1 atom stereocenters. The van der Waals surface area contributed by atoms with Crippen LogP contribution in [0.15, 0.2) is 44.3 Å². The Hall–Kier alpha value is -3.60. The van der Waals surface area contributed by atoms with E-state index < -0.39 is 22.5 Å². The van der Waals surface area contributed by atoms with Gasteiger partial charge in [-0.3, -0.25) is 29.0 Å². The van der Waals surface area contributed by atoms with Crippen LogP contribution in [0.2, 0.25) is 0 Å². The highest BCUT2D eigenvalue weighted by Crippen LogP contribution is 2.27. The number of hydrogen-bond acceptors (Lipinski definition) is 7. The minimum absolute atomic E-state index is 0.0290. The van der Waals surface area contributed by atoms with E-state index in [1.165, 1.54) is 49.8 Å². The number of pyridine rings is 1. The van der Waals surface area contributed by atoms with Crippen molar-refractivity contribution in [1.82, 2.24) is 19.7 Å². The number of H-pyrrole nitrogens is 2. The Morgan fingerprint density at radius 3 is 2.58 bits per heavy atom. The second-order valence-corrected chi connectivity index (χ2v) is 8.09. The van der Waals surface area contributed by atoms with Crippen LogP contribution in [0, 0.1) is 0 Å². The molecule has 3 rings (SSSR count). The van der Waals surface area contributed by atoms with Crippen LogP contribution < -0.4 is 27.2 Å². The van der Waals surface area contributed by atoms with Crippen molar-refractivity contribution in [3.63, 3.8) is 0 Å². The Kier molecular flexibility index (Phi) is 6.44. The quantitative estimate of drug-likeness (QED) is 0.440. The van der Waals surface area contributed by atoms with Gasteiger partial charge in [0.05, 0.1) is 6.04 Å². The number of amides is 1. The normalized spacial score (nSPS) is 11.7. The van der Waals surface area contributed by atoms with Gasteiger partial charge in [0.25, 0.3) is 17.0 Å². The highest BCUT2D eigenvalue weighted by Gasteiger charge is 2.21. The molecule has 1 amide bonds. The predicted molar refractivity (Wildman–Crippen MR) is 122 cm³/mol. The van der Waals surface area contributed by atoms with Gasteiger partial charge in [-0.05, 0) is 17.9 Å². The first-order chi connectivity index (χ1) is 14.7. The average molecular weight is 445 g/mol. The van der Waals surface area contributed by atoms with Crippen LogP contribution in [-0.2, 0) is 7.05 Å². The molecule has 3 aromatic rings. The molecule has 164 valence electrons. The summed E-state index contributed by atoms with van der Waals surface area (Å²) < 4.78 is 1.08. The first kappa shape index (κ1) is 22.1. The number of nitrogens with one attached hydrogen (secondary N) is 4. The molecule has 0 saturated heterocycles. The van der Waals surface area contributed by atoms with Crippen LogP contribution in [0.1, 0.15) is 34.6 Å². The maximum Gasteiger partial charge on any atom is 0.290 e. The Morgan fingerprint density at radius 2 is 1.97 bits per heavy atom. The van der Waals surface area contributed by atoms with Gasteiger partial charge in [0.2, 0.25) is 5.43 Å². The molecule has 0 fully saturated rings. The fourth-order valence-electron chi connectivity index (χ4n) is 3.05. The standard InChI is InChI=1S/C20H24N6O4S/c1-5-12(14-7-6-8-31-14)22-16-15(18(28)24-26(4)20(16)30)23-13-10-21-9-11(17(13)27)19(29)25(2)3/h6-10,12,22-23H,5H2,1-4H3,(H,21,27)(H,24,28). The number of thiophene rings is 1. The number of carbonyl (C=O) groups is 1. The third-order valence-corrected chi connectivity index (χ3v) is 5.71. The molecule has 0 radical (unpaired) electrons. The summed E-state index contributed by atoms with van der Waals surface area (Å²) in [4.78, 5) is 55.7. The third-order valence-electron chi connectivity index (χ3n) is 4.72. The second-order valence-electron chi connectivity index (χ2n) is 7.11. The van der Waals surface area contributed by atoms with E-state index in [1.54, 1.807) is 0 Å². The highest BCUT2D eigenvalue weighted by atomic mass is 32.1. The maximum absolute atomic E-state index is 12.8. The molecule has 1 unspecified atom stereocenters. The van der Waals surface area contributed by atoms with Gasteiger partial charge in [0, 0.05) is 38.4 Å². The number of nitrogens with zero attached hydrogens (tertiary/aromatic N) is 2. The van der Waals surface area contributed by atoms with Gasteiger partial charge < -0.3 is 20.5 Å². The lowest BCUT2D eigenvalue weighted by Gasteiger charge is -2.19. The summed E-state index contributed by atoms with van der Waals surface area (Å²) in [6.45, 7) is 1.96. The molecule has 10 nitrogen and oxygen atoms in total. The SMILES string of the molecule is CCC(Nc1c(Nc2c[nH]cc(C(=O)N(C)C)c2=O)c(=O)[nH]n(C)c1=O)c1cccs1. The number of anilines is 3. The number of carbonyl (C=O) groups excluding carboxylic acids is 1. The summed E-state index contributed by atoms with van der Waals surface area (Å²) in [7, 11) is 4.50. The van der Waals surface area contributed by atoms with Gasteiger partial charge in [0.1, 0.15) is 22.6 Å². The Bertz CT molecular complexity index is 1260. The Morgan fingerprint density at radius 1 is 1.23 bits per heavy atom. The summed E-state index contributed by atoms with van der Waals surface area (Å²) >= 11 is 1.53. The number of aryl methyl sites for hydroxylation is 1. The highest BCUT2D eigenvalue weighted by molar-refractivity contribution is 7.10. The van der Waals surface area contributed by atoms with E-state index in [0.29, 0.717) is 6.42 Å². The topological polar surface area (TPSA) is 132 Å². The maximum atomic E-state index is 12.8. The number of hydrogen-bond donors (Lipinski definition) is 4. The molecule has 11 heteroatoms. The van der Waals surface area contributed by atoms with Crippen molar-refractivity contribution in [2.75, 3.05) is 24.7 Å². The molecular formula is C20H24N6O4S. The molecule has 0 aliphatic heterocycles. The molecule has 4 N–H and O–H groups in total. The van der Waals surface area contributed by atoms with Crippen molar-refractivity contribution in [2.24, 2.45) is 7.05 Å². The van der Waals surface area contributed by atoms with Crippen molar-refractivity contribution in [3.8, 4) is 0 Å². The largest absolute Gasteiger partial charge is 0.371 e. The summed E-state index contributed by atoms with van der Waals surface area (Å²) in [5.41, 5.74) is -1.82. The van der Waals surface area contributed by atoms with E-state index in [4.69, 9.17) is 0 Å². The predicted octanol–water partition coefficient (Wildman–Crippen LogP) is 1.83. The molecule has 3 heterocycles. The summed E-state index contributed by atoms with van der Waals surface area (Å²) in [6, 6.07) is 3.65. The van der Waals surface area contributed by atoms with Crippen LogP contribution >= 0.6 is 11.3 Å². The van der Waals surface area contributed by atoms with Gasteiger partial charge in [-0.15, -0.1) is 11.3 Å². The average Bonchev–Trinajstić information content (AvgIpc) is 3.27. The smallest absolute Gasteiger partial charge is 0.290 e. The first-order valence-corrected chi connectivity index (χ1v) is 10.5. The van der Waals surface area contributed by atoms with Gasteiger partial charge in [-0.25, -0.2) is 0 Å². The summed E-state index contributed by atoms with van der Waals surface area (Å²) in [5, 5.41) is 10.3. The molecular weight excluding hydrogens is 420 g/mol. The molecule has 0 aromatic carbocycles. The zero-order valence-electron chi connectivity index (χ0n) is 17.6. The van der Waals surface area contributed by atoms with Crippen LogP contribution in [0.4, 0.5) is 17.1 Å². The molecule has 3 aromatic heterocycles. The van der Waals surface area contributed by atoms with E-state index in [-0.39, 0.29) is 28.7 Å². The Labute approximate surface area is 181 Å². The zero-order chi connectivity index (χ0) is 22.7. The van der Waals surface area contributed by atoms with Crippen molar-refractivity contribution in [2.45, 2.75) is 19.4 Å². The van der Waals surface area contributed by atoms with E-state index in [0.717, 1.165) is 9.56 Å². The fraction of sp³-hybridized carbons (Fsp3) is 0.300. The van der Waals surface area contributed by atoms with Crippen molar-refractivity contribution >= 4 is 34.3 Å². The van der Waals surface area contributed by atoms with Crippen LogP contribution in [0.25, 0.3) is 0 Å². The number of aromatic amines is 2. The number of rotatable bonds is 7. The lowest BCUT2D eigenvalue weighted by Crippen LogP contribution is -2.33. The van der Waals surface area contributed by atoms with E-state index in [2.05, 4.69) is 20.7 Å². The molecule has 0 saturated carbocycles. The van der Waals surface area contributed by atoms with E-state index in [9.17, 15) is 19.2 Å². The molecule has 0 aliphatic carbocycles. The Balaban J connectivity index is 2.09. The first-order valence-electron chi connectivity index (χ1n) is 9.57. The lowest BCUT2D eigenvalue weighted by molar-refractivity contribution is 0.0826. The second kappa shape index (κ2) is 9.04. The molecule has 0 spiro atoms. The number of aromatic nitrogens is 3. The molecule has 0 bridgehead atoms. The van der Waals surface area contributed by atoms with Gasteiger partial charge in [-0.2, -0.15) is 0 Å². The van der Waals surface area contributed by atoms with Gasteiger partial charge in [-0.1, -0.05) is 13.0 Å². The third kappa shape index (κ3) is 4.45. The van der Waals surface area contributed by atoms with Gasteiger partial charge in [0.15, 0.2) is 0 Å². The van der Waals surface area contributed by atoms with Crippen LogP contribution in [0.5, 0.6) is 0 Å². The van der Waals surface area contributed by atoms with Crippen LogP contribution in [-0.4, -0.2) is 39.7 Å². The minimum atomic E-state index is -0.589. The fourth-order valence-corrected chi connectivity index (χ4v) is 3.91. The summed E-state index contributed by atoms with van der Waals surface area (Å²) in [5.74, 6) is -0.482. The monoisotopic (exact) mass is 444 g/mol. The van der Waals surface area contributed by atoms with Gasteiger partial charge >= 0.3 is 0 Å². The van der Waals surface area contributed by atoms with Crippen molar-refractivity contribution in [1.29, 1.82) is 0 Å². The van der Waals surface area contributed by atoms with Crippen molar-refractivity contribution in [3.05, 3.63) is 71.3 Å². The van der Waals surface area contributed by atoms with E-state index in [1.807, 2.05) is 24.4 Å². The van der Waals surface area contributed by atoms with Crippen LogP contribution in [0.3, 0.4) is 0 Å². The van der Waals surface area contributed by atoms with E-state index >= 15 is 0 Å². The summed E-state index contributed by atoms with van der Waals surface area (Å²) in [6.07, 6.45) is 3.31. The molecule has 0 aliphatic rings.